The summed E-state index contributed by atoms with van der Waals surface area (Å²) in [4.78, 5) is 27.1. The smallest absolute Gasteiger partial charge is 0.320 e. The molecule has 1 aliphatic rings. The number of alkyl halides is 2. The second-order valence-corrected chi connectivity index (χ2v) is 5.73. The number of benzene rings is 1. The van der Waals surface area contributed by atoms with Gasteiger partial charge in [-0.25, -0.2) is 18.6 Å². The first kappa shape index (κ1) is 16.1. The zero-order chi connectivity index (χ0) is 17.3. The van der Waals surface area contributed by atoms with Crippen molar-refractivity contribution < 1.29 is 13.6 Å². The normalized spacial score (nSPS) is 21.1. The summed E-state index contributed by atoms with van der Waals surface area (Å²) in [6, 6.07) is 8.97. The average molecular weight is 334 g/mol. The van der Waals surface area contributed by atoms with Gasteiger partial charge in [-0.2, -0.15) is 0 Å². The van der Waals surface area contributed by atoms with Crippen LogP contribution in [0.2, 0.25) is 0 Å². The molecule has 2 aromatic rings. The monoisotopic (exact) mass is 334 g/mol. The highest BCUT2D eigenvalue weighted by atomic mass is 19.3. The van der Waals surface area contributed by atoms with Gasteiger partial charge >= 0.3 is 6.03 Å². The Kier molecular flexibility index (Phi) is 4.04. The third-order valence-electron chi connectivity index (χ3n) is 4.06. The maximum Gasteiger partial charge on any atom is 0.320 e. The highest BCUT2D eigenvalue weighted by Gasteiger charge is 2.68. The number of halogens is 2. The van der Waals surface area contributed by atoms with Gasteiger partial charge in [0.25, 0.3) is 11.5 Å². The summed E-state index contributed by atoms with van der Waals surface area (Å²) in [6.07, 6.45) is 1.26. The lowest BCUT2D eigenvalue weighted by molar-refractivity contribution is 0.0936. The molecule has 0 unspecified atom stereocenters. The van der Waals surface area contributed by atoms with Crippen LogP contribution in [0.3, 0.4) is 0 Å². The number of aryl methyl sites for hydroxylation is 1. The minimum Gasteiger partial charge on any atom is -0.337 e. The van der Waals surface area contributed by atoms with Crippen LogP contribution in [0.25, 0.3) is 0 Å². The van der Waals surface area contributed by atoms with Crippen molar-refractivity contribution in [2.45, 2.75) is 11.8 Å². The van der Waals surface area contributed by atoms with Gasteiger partial charge in [-0.15, -0.1) is 0 Å². The Labute approximate surface area is 136 Å². The van der Waals surface area contributed by atoms with Crippen LogP contribution < -0.4 is 16.2 Å². The van der Waals surface area contributed by atoms with Gasteiger partial charge in [-0.1, -0.05) is 30.3 Å². The number of hydrogen-bond acceptors (Lipinski definition) is 3. The minimum atomic E-state index is -2.84. The molecule has 3 rings (SSSR count). The molecule has 1 heterocycles. The van der Waals surface area contributed by atoms with Crippen LogP contribution in [-0.4, -0.2) is 28.0 Å². The van der Waals surface area contributed by atoms with Crippen molar-refractivity contribution in [3.05, 3.63) is 58.6 Å². The van der Waals surface area contributed by atoms with Gasteiger partial charge in [-0.3, -0.25) is 10.1 Å². The SMILES string of the molecule is Cn1cnc(NC(=O)NC[C@@H]2[C@@H](c3ccccc3)C2(F)F)cc1=O. The van der Waals surface area contributed by atoms with Crippen LogP contribution in [0.1, 0.15) is 11.5 Å². The van der Waals surface area contributed by atoms with Crippen molar-refractivity contribution >= 4 is 11.8 Å². The minimum absolute atomic E-state index is 0.0674. The van der Waals surface area contributed by atoms with Crippen LogP contribution in [0.15, 0.2) is 47.5 Å². The number of hydrogen-bond donors (Lipinski definition) is 2. The van der Waals surface area contributed by atoms with Crippen LogP contribution >= 0.6 is 0 Å². The number of amides is 2. The summed E-state index contributed by atoms with van der Waals surface area (Å²) in [5.41, 5.74) is 0.223. The quantitative estimate of drug-likeness (QED) is 0.897. The molecule has 1 aliphatic carbocycles. The Morgan fingerprint density at radius 1 is 1.33 bits per heavy atom. The van der Waals surface area contributed by atoms with Gasteiger partial charge in [0, 0.05) is 19.7 Å². The topological polar surface area (TPSA) is 76.0 Å². The molecule has 0 aliphatic heterocycles. The maximum atomic E-state index is 13.9. The summed E-state index contributed by atoms with van der Waals surface area (Å²) in [6.45, 7) is -0.163. The van der Waals surface area contributed by atoms with E-state index >= 15 is 0 Å². The Morgan fingerprint density at radius 2 is 2.04 bits per heavy atom. The lowest BCUT2D eigenvalue weighted by atomic mass is 10.1. The zero-order valence-corrected chi connectivity index (χ0v) is 12.9. The molecule has 24 heavy (non-hydrogen) atoms. The van der Waals surface area contributed by atoms with Gasteiger partial charge in [0.05, 0.1) is 18.2 Å². The van der Waals surface area contributed by atoms with Gasteiger partial charge in [0.2, 0.25) is 0 Å². The number of aromatic nitrogens is 2. The fourth-order valence-corrected chi connectivity index (χ4v) is 2.65. The van der Waals surface area contributed by atoms with E-state index in [1.807, 2.05) is 0 Å². The summed E-state index contributed by atoms with van der Waals surface area (Å²) in [5, 5.41) is 4.76. The van der Waals surface area contributed by atoms with Crippen molar-refractivity contribution in [3.8, 4) is 0 Å². The Bertz CT molecular complexity index is 807. The third-order valence-corrected chi connectivity index (χ3v) is 4.06. The lowest BCUT2D eigenvalue weighted by Crippen LogP contribution is -2.32. The highest BCUT2D eigenvalue weighted by Crippen LogP contribution is 2.61. The van der Waals surface area contributed by atoms with Gasteiger partial charge < -0.3 is 9.88 Å². The fraction of sp³-hybridized carbons (Fsp3) is 0.312. The number of urea groups is 1. The first-order valence-corrected chi connectivity index (χ1v) is 7.40. The number of nitrogens with zero attached hydrogens (tertiary/aromatic N) is 2. The largest absolute Gasteiger partial charge is 0.337 e. The summed E-state index contributed by atoms with van der Waals surface area (Å²) < 4.78 is 29.0. The molecule has 0 spiro atoms. The molecule has 0 radical (unpaired) electrons. The number of carbonyl (C=O) groups excluding carboxylic acids is 1. The second-order valence-electron chi connectivity index (χ2n) is 5.73. The van der Waals surface area contributed by atoms with E-state index in [0.29, 0.717) is 5.56 Å². The van der Waals surface area contributed by atoms with Crippen molar-refractivity contribution in [1.29, 1.82) is 0 Å². The van der Waals surface area contributed by atoms with Crippen molar-refractivity contribution in [3.63, 3.8) is 0 Å². The van der Waals surface area contributed by atoms with E-state index in [1.165, 1.54) is 17.9 Å². The molecule has 2 atom stereocenters. The average Bonchev–Trinajstić information content (AvgIpc) is 3.11. The Balaban J connectivity index is 1.57. The predicted octanol–water partition coefficient (Wildman–Crippen LogP) is 1.95. The summed E-state index contributed by atoms with van der Waals surface area (Å²) in [5.74, 6) is -4.60. The molecule has 2 N–H and O–H groups in total. The third kappa shape index (κ3) is 3.12. The number of carbonyl (C=O) groups is 1. The Hall–Kier alpha value is -2.77. The number of rotatable bonds is 4. The molecule has 1 aromatic heterocycles. The zero-order valence-electron chi connectivity index (χ0n) is 12.9. The molecule has 0 saturated heterocycles. The summed E-state index contributed by atoms with van der Waals surface area (Å²) >= 11 is 0. The molecule has 1 fully saturated rings. The molecular formula is C16H16F2N4O2. The van der Waals surface area contributed by atoms with Gasteiger partial charge in [0.15, 0.2) is 0 Å². The maximum absolute atomic E-state index is 13.9. The van der Waals surface area contributed by atoms with E-state index < -0.39 is 23.8 Å². The fourth-order valence-electron chi connectivity index (χ4n) is 2.65. The van der Waals surface area contributed by atoms with E-state index in [2.05, 4.69) is 15.6 Å². The molecule has 1 saturated carbocycles. The van der Waals surface area contributed by atoms with Gasteiger partial charge in [-0.05, 0) is 5.56 Å². The molecule has 126 valence electrons. The predicted molar refractivity (Wildman–Crippen MR) is 84.1 cm³/mol. The van der Waals surface area contributed by atoms with E-state index in [0.717, 1.165) is 6.07 Å². The molecule has 8 heteroatoms. The summed E-state index contributed by atoms with van der Waals surface area (Å²) in [7, 11) is 1.53. The highest BCUT2D eigenvalue weighted by molar-refractivity contribution is 5.88. The standard InChI is InChI=1S/C16H16F2N4O2/c1-22-9-20-12(7-13(22)23)21-15(24)19-8-11-14(16(11,17)18)10-5-3-2-4-6-10/h2-7,9,11,14H,8H2,1H3,(H2,19,21,24)/t11-,14-/m1/s1. The van der Waals surface area contributed by atoms with Crippen molar-refractivity contribution in [2.75, 3.05) is 11.9 Å². The van der Waals surface area contributed by atoms with Crippen molar-refractivity contribution in [1.82, 2.24) is 14.9 Å². The first-order valence-electron chi connectivity index (χ1n) is 7.40. The van der Waals surface area contributed by atoms with Crippen LogP contribution in [-0.2, 0) is 7.05 Å². The van der Waals surface area contributed by atoms with Crippen molar-refractivity contribution in [2.24, 2.45) is 13.0 Å². The van der Waals surface area contributed by atoms with Crippen LogP contribution in [0.4, 0.5) is 19.4 Å². The number of nitrogens with one attached hydrogen (secondary N) is 2. The van der Waals surface area contributed by atoms with E-state index in [4.69, 9.17) is 0 Å². The van der Waals surface area contributed by atoms with Crippen LogP contribution in [0, 0.1) is 5.92 Å². The molecule has 0 bridgehead atoms. The Morgan fingerprint density at radius 3 is 2.71 bits per heavy atom. The molecular weight excluding hydrogens is 318 g/mol. The van der Waals surface area contributed by atoms with E-state index in [-0.39, 0.29) is 17.9 Å². The van der Waals surface area contributed by atoms with E-state index in [1.54, 1.807) is 30.3 Å². The number of anilines is 1. The van der Waals surface area contributed by atoms with E-state index in [9.17, 15) is 18.4 Å². The first-order chi connectivity index (χ1) is 11.4. The molecule has 6 nitrogen and oxygen atoms in total. The molecule has 1 aromatic carbocycles. The lowest BCUT2D eigenvalue weighted by Gasteiger charge is -2.06. The van der Waals surface area contributed by atoms with Crippen LogP contribution in [0.5, 0.6) is 0 Å². The van der Waals surface area contributed by atoms with Gasteiger partial charge in [0.1, 0.15) is 5.82 Å². The molecule has 2 amide bonds. The second kappa shape index (κ2) is 6.03.